The van der Waals surface area contributed by atoms with Crippen molar-refractivity contribution in [2.75, 3.05) is 19.6 Å². The monoisotopic (exact) mass is 283 g/mol. The Morgan fingerprint density at radius 2 is 2.16 bits per heavy atom. The van der Waals surface area contributed by atoms with E-state index in [1.54, 1.807) is 18.2 Å². The third kappa shape index (κ3) is 3.12. The van der Waals surface area contributed by atoms with Crippen LogP contribution >= 0.6 is 0 Å². The van der Waals surface area contributed by atoms with Crippen LogP contribution in [0.2, 0.25) is 0 Å². The van der Waals surface area contributed by atoms with Crippen LogP contribution in [0.1, 0.15) is 12.0 Å². The van der Waals surface area contributed by atoms with Gasteiger partial charge in [-0.25, -0.2) is 8.42 Å². The van der Waals surface area contributed by atoms with Crippen LogP contribution in [-0.2, 0) is 21.4 Å². The molecule has 19 heavy (non-hydrogen) atoms. The second kappa shape index (κ2) is 5.68. The van der Waals surface area contributed by atoms with E-state index in [4.69, 9.17) is 5.73 Å². The van der Waals surface area contributed by atoms with E-state index in [-0.39, 0.29) is 23.9 Å². The molecule has 1 aliphatic heterocycles. The summed E-state index contributed by atoms with van der Waals surface area (Å²) in [5.41, 5.74) is 6.27. The highest BCUT2D eigenvalue weighted by Gasteiger charge is 2.27. The Bertz CT molecular complexity index is 571. The van der Waals surface area contributed by atoms with Gasteiger partial charge in [-0.05, 0) is 24.1 Å². The standard InChI is InChI=1S/C12H17N3O3S/c13-8-10-3-1-4-11(7-10)19(17,18)15-6-2-5-14-12(16)9-15/h1,3-4,7H,2,5-6,8-9,13H2,(H,14,16). The van der Waals surface area contributed by atoms with Gasteiger partial charge in [0.1, 0.15) is 0 Å². The zero-order chi connectivity index (χ0) is 13.9. The number of benzene rings is 1. The number of nitrogens with zero attached hydrogens (tertiary/aromatic N) is 1. The quantitative estimate of drug-likeness (QED) is 0.793. The van der Waals surface area contributed by atoms with Crippen LogP contribution in [0.4, 0.5) is 0 Å². The molecule has 1 saturated heterocycles. The highest BCUT2D eigenvalue weighted by Crippen LogP contribution is 2.18. The van der Waals surface area contributed by atoms with Gasteiger partial charge in [-0.15, -0.1) is 0 Å². The first-order valence-corrected chi connectivity index (χ1v) is 7.54. The summed E-state index contributed by atoms with van der Waals surface area (Å²) < 4.78 is 26.1. The molecule has 0 radical (unpaired) electrons. The van der Waals surface area contributed by atoms with Gasteiger partial charge in [0.15, 0.2) is 0 Å². The smallest absolute Gasteiger partial charge is 0.243 e. The lowest BCUT2D eigenvalue weighted by Gasteiger charge is -2.19. The summed E-state index contributed by atoms with van der Waals surface area (Å²) in [6.07, 6.45) is 0.613. The van der Waals surface area contributed by atoms with E-state index in [2.05, 4.69) is 5.32 Å². The number of amides is 1. The maximum Gasteiger partial charge on any atom is 0.243 e. The van der Waals surface area contributed by atoms with E-state index in [9.17, 15) is 13.2 Å². The van der Waals surface area contributed by atoms with E-state index in [0.29, 0.717) is 19.5 Å². The third-order valence-corrected chi connectivity index (χ3v) is 4.84. The summed E-state index contributed by atoms with van der Waals surface area (Å²) in [5, 5.41) is 2.66. The number of carbonyl (C=O) groups is 1. The number of hydrogen-bond acceptors (Lipinski definition) is 4. The summed E-state index contributed by atoms with van der Waals surface area (Å²) in [6.45, 7) is 1.00. The van der Waals surface area contributed by atoms with Crippen LogP contribution in [-0.4, -0.2) is 38.3 Å². The molecule has 0 unspecified atom stereocenters. The minimum Gasteiger partial charge on any atom is -0.355 e. The summed E-state index contributed by atoms with van der Waals surface area (Å²) in [4.78, 5) is 11.6. The molecule has 1 aromatic rings. The van der Waals surface area contributed by atoms with Gasteiger partial charge in [0, 0.05) is 19.6 Å². The minimum atomic E-state index is -3.63. The summed E-state index contributed by atoms with van der Waals surface area (Å²) >= 11 is 0. The normalized spacial score (nSPS) is 17.8. The van der Waals surface area contributed by atoms with Crippen molar-refractivity contribution in [1.82, 2.24) is 9.62 Å². The Hall–Kier alpha value is -1.44. The zero-order valence-corrected chi connectivity index (χ0v) is 11.3. The van der Waals surface area contributed by atoms with Crippen molar-refractivity contribution < 1.29 is 13.2 Å². The molecule has 2 rings (SSSR count). The van der Waals surface area contributed by atoms with Crippen molar-refractivity contribution in [2.24, 2.45) is 5.73 Å². The van der Waals surface area contributed by atoms with Crippen LogP contribution in [0.3, 0.4) is 0 Å². The first kappa shape index (κ1) is 14.0. The fourth-order valence-electron chi connectivity index (χ4n) is 1.97. The maximum absolute atomic E-state index is 12.5. The largest absolute Gasteiger partial charge is 0.355 e. The predicted octanol–water partition coefficient (Wildman–Crippen LogP) is -0.344. The number of hydrogen-bond donors (Lipinski definition) is 2. The molecule has 0 spiro atoms. The topological polar surface area (TPSA) is 92.5 Å². The molecule has 0 atom stereocenters. The Morgan fingerprint density at radius 3 is 2.89 bits per heavy atom. The van der Waals surface area contributed by atoms with Crippen molar-refractivity contribution in [3.63, 3.8) is 0 Å². The Kier molecular flexibility index (Phi) is 4.18. The molecule has 0 saturated carbocycles. The molecule has 0 aromatic heterocycles. The van der Waals surface area contributed by atoms with E-state index in [0.717, 1.165) is 5.56 Å². The lowest BCUT2D eigenvalue weighted by molar-refractivity contribution is -0.120. The maximum atomic E-state index is 12.5. The first-order valence-electron chi connectivity index (χ1n) is 6.10. The molecule has 0 aliphatic carbocycles. The summed E-state index contributed by atoms with van der Waals surface area (Å²) in [6, 6.07) is 6.51. The fraction of sp³-hybridized carbons (Fsp3) is 0.417. The van der Waals surface area contributed by atoms with Gasteiger partial charge in [-0.3, -0.25) is 4.79 Å². The van der Waals surface area contributed by atoms with Crippen LogP contribution in [0.5, 0.6) is 0 Å². The number of rotatable bonds is 3. The van der Waals surface area contributed by atoms with Gasteiger partial charge in [0.05, 0.1) is 11.4 Å². The van der Waals surface area contributed by atoms with Gasteiger partial charge < -0.3 is 11.1 Å². The second-order valence-electron chi connectivity index (χ2n) is 4.39. The molecule has 1 heterocycles. The van der Waals surface area contributed by atoms with E-state index in [1.807, 2.05) is 0 Å². The van der Waals surface area contributed by atoms with Crippen LogP contribution in [0.15, 0.2) is 29.2 Å². The number of sulfonamides is 1. The van der Waals surface area contributed by atoms with Gasteiger partial charge in [-0.1, -0.05) is 12.1 Å². The third-order valence-electron chi connectivity index (χ3n) is 3.00. The number of carbonyl (C=O) groups excluding carboxylic acids is 1. The van der Waals surface area contributed by atoms with Gasteiger partial charge in [0.2, 0.25) is 15.9 Å². The van der Waals surface area contributed by atoms with Crippen molar-refractivity contribution >= 4 is 15.9 Å². The number of nitrogens with two attached hydrogens (primary N) is 1. The van der Waals surface area contributed by atoms with Crippen LogP contribution in [0.25, 0.3) is 0 Å². The fourth-order valence-corrected chi connectivity index (χ4v) is 3.47. The molecule has 104 valence electrons. The van der Waals surface area contributed by atoms with Crippen LogP contribution in [0, 0.1) is 0 Å². The first-order chi connectivity index (χ1) is 9.04. The number of nitrogens with one attached hydrogen (secondary N) is 1. The molecule has 6 nitrogen and oxygen atoms in total. The highest BCUT2D eigenvalue weighted by atomic mass is 32.2. The Labute approximate surface area is 112 Å². The van der Waals surface area contributed by atoms with Crippen LogP contribution < -0.4 is 11.1 Å². The molecule has 1 aliphatic rings. The SMILES string of the molecule is NCc1cccc(S(=O)(=O)N2CCCNC(=O)C2)c1. The van der Waals surface area contributed by atoms with Gasteiger partial charge in [0.25, 0.3) is 0 Å². The highest BCUT2D eigenvalue weighted by molar-refractivity contribution is 7.89. The Morgan fingerprint density at radius 1 is 1.37 bits per heavy atom. The van der Waals surface area contributed by atoms with Crippen molar-refractivity contribution in [2.45, 2.75) is 17.9 Å². The lowest BCUT2D eigenvalue weighted by Crippen LogP contribution is -2.37. The van der Waals surface area contributed by atoms with E-state index in [1.165, 1.54) is 10.4 Å². The zero-order valence-electron chi connectivity index (χ0n) is 10.5. The van der Waals surface area contributed by atoms with E-state index < -0.39 is 10.0 Å². The predicted molar refractivity (Wildman–Crippen MR) is 70.7 cm³/mol. The lowest BCUT2D eigenvalue weighted by atomic mass is 10.2. The molecular weight excluding hydrogens is 266 g/mol. The van der Waals surface area contributed by atoms with Crippen molar-refractivity contribution in [3.8, 4) is 0 Å². The molecule has 1 fully saturated rings. The molecule has 1 amide bonds. The molecule has 0 bridgehead atoms. The minimum absolute atomic E-state index is 0.130. The summed E-state index contributed by atoms with van der Waals surface area (Å²) in [5.74, 6) is -0.268. The molecule has 7 heteroatoms. The average molecular weight is 283 g/mol. The van der Waals surface area contributed by atoms with Crippen molar-refractivity contribution in [1.29, 1.82) is 0 Å². The van der Waals surface area contributed by atoms with Gasteiger partial charge in [-0.2, -0.15) is 4.31 Å². The summed E-state index contributed by atoms with van der Waals surface area (Å²) in [7, 11) is -3.63. The second-order valence-corrected chi connectivity index (χ2v) is 6.33. The van der Waals surface area contributed by atoms with Gasteiger partial charge >= 0.3 is 0 Å². The molecule has 1 aromatic carbocycles. The average Bonchev–Trinajstić information content (AvgIpc) is 2.64. The Balaban J connectivity index is 2.32. The van der Waals surface area contributed by atoms with Crippen molar-refractivity contribution in [3.05, 3.63) is 29.8 Å². The molecule has 3 N–H and O–H groups in total. The van der Waals surface area contributed by atoms with E-state index >= 15 is 0 Å². The molecular formula is C12H17N3O3S.